The quantitative estimate of drug-likeness (QED) is 0.800. The van der Waals surface area contributed by atoms with Crippen LogP contribution in [0, 0.1) is 0 Å². The van der Waals surface area contributed by atoms with E-state index >= 15 is 0 Å². The summed E-state index contributed by atoms with van der Waals surface area (Å²) < 4.78 is 24.6. The van der Waals surface area contributed by atoms with Crippen LogP contribution in [0.3, 0.4) is 0 Å². The number of aromatic nitrogens is 1. The Morgan fingerprint density at radius 3 is 2.58 bits per heavy atom. The van der Waals surface area contributed by atoms with Crippen LogP contribution >= 0.6 is 15.9 Å². The molecular formula is C7H7BrF2N2. The first-order chi connectivity index (χ1) is 5.61. The van der Waals surface area contributed by atoms with Gasteiger partial charge in [-0.05, 0) is 28.1 Å². The minimum absolute atomic E-state index is 0.194. The fourth-order valence-corrected chi connectivity index (χ4v) is 1.10. The van der Waals surface area contributed by atoms with Gasteiger partial charge in [0.05, 0.1) is 5.69 Å². The topological polar surface area (TPSA) is 38.9 Å². The molecule has 2 N–H and O–H groups in total. The summed E-state index contributed by atoms with van der Waals surface area (Å²) in [5, 5.41) is 0. The Morgan fingerprint density at radius 2 is 2.08 bits per heavy atom. The first-order valence-electron chi connectivity index (χ1n) is 3.27. The summed E-state index contributed by atoms with van der Waals surface area (Å²) in [7, 11) is 0. The third-order valence-corrected chi connectivity index (χ3v) is 1.79. The molecule has 0 fully saturated rings. The van der Waals surface area contributed by atoms with Gasteiger partial charge in [-0.1, -0.05) is 6.07 Å². The van der Waals surface area contributed by atoms with E-state index in [1.165, 1.54) is 6.07 Å². The van der Waals surface area contributed by atoms with E-state index in [4.69, 9.17) is 5.73 Å². The van der Waals surface area contributed by atoms with E-state index in [0.29, 0.717) is 4.60 Å². The van der Waals surface area contributed by atoms with Crippen molar-refractivity contribution in [2.75, 3.05) is 0 Å². The zero-order valence-electron chi connectivity index (χ0n) is 6.05. The Labute approximate surface area is 76.9 Å². The van der Waals surface area contributed by atoms with Crippen LogP contribution in [0.2, 0.25) is 0 Å². The third kappa shape index (κ3) is 2.22. The van der Waals surface area contributed by atoms with Crippen LogP contribution in [-0.2, 0) is 0 Å². The third-order valence-electron chi connectivity index (χ3n) is 1.35. The highest BCUT2D eigenvalue weighted by molar-refractivity contribution is 9.10. The molecule has 1 atom stereocenters. The first-order valence-corrected chi connectivity index (χ1v) is 4.06. The average Bonchev–Trinajstić information content (AvgIpc) is 2.03. The molecule has 12 heavy (non-hydrogen) atoms. The lowest BCUT2D eigenvalue weighted by Gasteiger charge is -2.08. The summed E-state index contributed by atoms with van der Waals surface area (Å²) in [5.74, 6) is 0. The molecule has 0 bridgehead atoms. The second-order valence-corrected chi connectivity index (χ2v) is 3.06. The molecule has 0 unspecified atom stereocenters. The molecule has 2 nitrogen and oxygen atoms in total. The van der Waals surface area contributed by atoms with E-state index < -0.39 is 12.5 Å². The molecule has 66 valence electrons. The fraction of sp³-hybridized carbons (Fsp3) is 0.286. The minimum atomic E-state index is -2.58. The van der Waals surface area contributed by atoms with Crippen molar-refractivity contribution in [3.8, 4) is 0 Å². The van der Waals surface area contributed by atoms with Gasteiger partial charge >= 0.3 is 0 Å². The number of hydrogen-bond acceptors (Lipinski definition) is 2. The van der Waals surface area contributed by atoms with Crippen molar-refractivity contribution in [1.82, 2.24) is 4.98 Å². The Balaban J connectivity index is 2.88. The number of halogens is 3. The van der Waals surface area contributed by atoms with Crippen LogP contribution in [0.25, 0.3) is 0 Å². The maximum Gasteiger partial charge on any atom is 0.259 e. The van der Waals surface area contributed by atoms with E-state index in [1.807, 2.05) is 0 Å². The molecule has 0 saturated carbocycles. The molecule has 0 aliphatic rings. The van der Waals surface area contributed by atoms with Gasteiger partial charge in [0.25, 0.3) is 6.43 Å². The van der Waals surface area contributed by atoms with Crippen molar-refractivity contribution in [2.24, 2.45) is 5.73 Å². The molecule has 0 amide bonds. The van der Waals surface area contributed by atoms with E-state index in [1.54, 1.807) is 12.1 Å². The molecule has 0 radical (unpaired) electrons. The normalized spacial score (nSPS) is 13.4. The monoisotopic (exact) mass is 236 g/mol. The van der Waals surface area contributed by atoms with E-state index in [0.717, 1.165) is 0 Å². The Bertz CT molecular complexity index is 267. The molecule has 0 aliphatic carbocycles. The smallest absolute Gasteiger partial charge is 0.259 e. The molecule has 0 saturated heterocycles. The summed E-state index contributed by atoms with van der Waals surface area (Å²) in [4.78, 5) is 3.81. The molecule has 1 heterocycles. The van der Waals surface area contributed by atoms with E-state index in [-0.39, 0.29) is 5.69 Å². The molecule has 5 heteroatoms. The summed E-state index contributed by atoms with van der Waals surface area (Å²) in [6.07, 6.45) is -2.58. The lowest BCUT2D eigenvalue weighted by molar-refractivity contribution is 0.114. The summed E-state index contributed by atoms with van der Waals surface area (Å²) >= 11 is 3.07. The van der Waals surface area contributed by atoms with Gasteiger partial charge in [0, 0.05) is 0 Å². The van der Waals surface area contributed by atoms with Crippen LogP contribution in [0.5, 0.6) is 0 Å². The van der Waals surface area contributed by atoms with Gasteiger partial charge in [0.15, 0.2) is 0 Å². The minimum Gasteiger partial charge on any atom is -0.318 e. The van der Waals surface area contributed by atoms with Crippen LogP contribution in [0.15, 0.2) is 22.8 Å². The average molecular weight is 237 g/mol. The Hall–Kier alpha value is -0.550. The van der Waals surface area contributed by atoms with Crippen LogP contribution < -0.4 is 5.73 Å². The van der Waals surface area contributed by atoms with Gasteiger partial charge in [-0.25, -0.2) is 13.8 Å². The van der Waals surface area contributed by atoms with Gasteiger partial charge in [-0.2, -0.15) is 0 Å². The van der Waals surface area contributed by atoms with Gasteiger partial charge in [0.1, 0.15) is 10.6 Å². The lowest BCUT2D eigenvalue weighted by Crippen LogP contribution is -2.20. The number of alkyl halides is 2. The zero-order chi connectivity index (χ0) is 9.14. The standard InChI is InChI=1S/C7H7BrF2N2/c8-5-3-1-2-4(12-5)6(11)7(9)10/h1-3,6-7H,11H2/t6-/m1/s1. The predicted molar refractivity (Wildman–Crippen MR) is 44.9 cm³/mol. The number of nitrogens with two attached hydrogens (primary N) is 1. The van der Waals surface area contributed by atoms with Crippen molar-refractivity contribution in [1.29, 1.82) is 0 Å². The second-order valence-electron chi connectivity index (χ2n) is 2.25. The van der Waals surface area contributed by atoms with E-state index in [9.17, 15) is 8.78 Å². The van der Waals surface area contributed by atoms with Crippen LogP contribution in [0.1, 0.15) is 11.7 Å². The number of rotatable bonds is 2. The van der Waals surface area contributed by atoms with Crippen molar-refractivity contribution < 1.29 is 8.78 Å². The highest BCUT2D eigenvalue weighted by Crippen LogP contribution is 2.17. The molecule has 1 aromatic heterocycles. The van der Waals surface area contributed by atoms with Crippen molar-refractivity contribution in [3.05, 3.63) is 28.5 Å². The van der Waals surface area contributed by atoms with Crippen molar-refractivity contribution in [3.63, 3.8) is 0 Å². The van der Waals surface area contributed by atoms with Crippen LogP contribution in [0.4, 0.5) is 8.78 Å². The summed E-state index contributed by atoms with van der Waals surface area (Å²) in [6, 6.07) is 3.44. The predicted octanol–water partition coefficient (Wildman–Crippen LogP) is 2.11. The highest BCUT2D eigenvalue weighted by Gasteiger charge is 2.18. The molecule has 1 rings (SSSR count). The lowest BCUT2D eigenvalue weighted by atomic mass is 10.2. The maximum absolute atomic E-state index is 12.1. The van der Waals surface area contributed by atoms with Gasteiger partial charge < -0.3 is 5.73 Å². The van der Waals surface area contributed by atoms with Gasteiger partial charge in [0.2, 0.25) is 0 Å². The summed E-state index contributed by atoms with van der Waals surface area (Å²) in [6.45, 7) is 0. The highest BCUT2D eigenvalue weighted by atomic mass is 79.9. The largest absolute Gasteiger partial charge is 0.318 e. The second kappa shape index (κ2) is 3.91. The number of hydrogen-bond donors (Lipinski definition) is 1. The van der Waals surface area contributed by atoms with Crippen molar-refractivity contribution in [2.45, 2.75) is 12.5 Å². The summed E-state index contributed by atoms with van der Waals surface area (Å²) in [5.41, 5.74) is 5.37. The molecule has 1 aromatic rings. The van der Waals surface area contributed by atoms with Gasteiger partial charge in [-0.15, -0.1) is 0 Å². The van der Waals surface area contributed by atoms with E-state index in [2.05, 4.69) is 20.9 Å². The Kier molecular flexibility index (Phi) is 3.11. The van der Waals surface area contributed by atoms with Crippen molar-refractivity contribution >= 4 is 15.9 Å². The SMILES string of the molecule is N[C@H](c1cccc(Br)n1)C(F)F. The van der Waals surface area contributed by atoms with Gasteiger partial charge in [-0.3, -0.25) is 0 Å². The molecule has 0 spiro atoms. The van der Waals surface area contributed by atoms with Crippen LogP contribution in [-0.4, -0.2) is 11.4 Å². The maximum atomic E-state index is 12.1. The number of nitrogens with zero attached hydrogens (tertiary/aromatic N) is 1. The Morgan fingerprint density at radius 1 is 1.42 bits per heavy atom. The zero-order valence-corrected chi connectivity index (χ0v) is 7.63. The first kappa shape index (κ1) is 9.54. The molecule has 0 aliphatic heterocycles. The molecular weight excluding hydrogens is 230 g/mol. The number of pyridine rings is 1. The molecule has 0 aromatic carbocycles. The fourth-order valence-electron chi connectivity index (χ4n) is 0.739.